The molecule has 1 aliphatic heterocycles. The Labute approximate surface area is 205 Å². The summed E-state index contributed by atoms with van der Waals surface area (Å²) in [6.45, 7) is -0.0735. The van der Waals surface area contributed by atoms with E-state index >= 15 is 0 Å². The molecular weight excluding hydrogens is 500 g/mol. The minimum atomic E-state index is -3.56. The number of carbonyl (C=O) groups is 2. The first kappa shape index (κ1) is 24.1. The molecule has 1 aromatic carbocycles. The van der Waals surface area contributed by atoms with E-state index in [0.29, 0.717) is 20.6 Å². The molecule has 1 fully saturated rings. The molecule has 0 aliphatic carbocycles. The largest absolute Gasteiger partial charge is 0.346 e. The molecule has 178 valence electrons. The van der Waals surface area contributed by atoms with Crippen LogP contribution in [-0.4, -0.2) is 54.5 Å². The van der Waals surface area contributed by atoms with Crippen molar-refractivity contribution in [2.24, 2.45) is 5.92 Å². The highest BCUT2D eigenvalue weighted by Gasteiger charge is 2.42. The van der Waals surface area contributed by atoms with Crippen molar-refractivity contribution in [2.75, 3.05) is 24.7 Å². The summed E-state index contributed by atoms with van der Waals surface area (Å²) < 4.78 is 27.3. The molecule has 3 heterocycles. The summed E-state index contributed by atoms with van der Waals surface area (Å²) >= 11 is 7.00. The molecular formula is C22H21ClN4O5S2. The first-order chi connectivity index (χ1) is 16.1. The number of amides is 2. The van der Waals surface area contributed by atoms with Crippen LogP contribution in [0.1, 0.15) is 9.67 Å². The molecule has 0 bridgehead atoms. The monoisotopic (exact) mass is 520 g/mol. The Kier molecular flexibility index (Phi) is 6.89. The van der Waals surface area contributed by atoms with Crippen LogP contribution in [0.5, 0.6) is 0 Å². The number of carbonyl (C=O) groups excluding carboxylic acids is 2. The fourth-order valence-electron chi connectivity index (χ4n) is 3.71. The number of anilines is 1. The minimum absolute atomic E-state index is 0.0162. The molecule has 2 N–H and O–H groups in total. The highest BCUT2D eigenvalue weighted by molar-refractivity contribution is 7.88. The quantitative estimate of drug-likeness (QED) is 0.516. The fraction of sp³-hybridized carbons (Fsp3) is 0.227. The van der Waals surface area contributed by atoms with Gasteiger partial charge < -0.3 is 10.6 Å². The number of nitrogens with one attached hydrogen (secondary N) is 2. The number of hydrogen-bond acceptors (Lipinski definition) is 6. The maximum atomic E-state index is 13.1. The Morgan fingerprint density at radius 2 is 1.79 bits per heavy atom. The average molecular weight is 521 g/mol. The molecule has 1 saturated heterocycles. The Hall–Kier alpha value is -2.99. The van der Waals surface area contributed by atoms with Gasteiger partial charge in [-0.25, -0.2) is 8.42 Å². The molecule has 2 aromatic heterocycles. The number of hydrogen-bond donors (Lipinski definition) is 2. The Bertz CT molecular complexity index is 1380. The van der Waals surface area contributed by atoms with Crippen LogP contribution in [0, 0.1) is 5.92 Å². The van der Waals surface area contributed by atoms with Gasteiger partial charge in [0.2, 0.25) is 15.9 Å². The lowest BCUT2D eigenvalue weighted by Crippen LogP contribution is -2.44. The summed E-state index contributed by atoms with van der Waals surface area (Å²) in [4.78, 5) is 38.0. The zero-order valence-corrected chi connectivity index (χ0v) is 20.4. The van der Waals surface area contributed by atoms with Crippen LogP contribution in [0.25, 0.3) is 5.69 Å². The van der Waals surface area contributed by atoms with Gasteiger partial charge in [0.15, 0.2) is 0 Å². The predicted octanol–water partition coefficient (Wildman–Crippen LogP) is 2.18. The molecule has 2 atom stereocenters. The topological polar surface area (TPSA) is 118 Å². The van der Waals surface area contributed by atoms with Gasteiger partial charge in [-0.15, -0.1) is 11.3 Å². The molecule has 0 spiro atoms. The number of nitrogens with zero attached hydrogens (tertiary/aromatic N) is 2. The zero-order valence-electron chi connectivity index (χ0n) is 18.0. The molecule has 3 aromatic rings. The van der Waals surface area contributed by atoms with Crippen LogP contribution >= 0.6 is 22.9 Å². The third-order valence-corrected chi connectivity index (χ3v) is 7.91. The highest BCUT2D eigenvalue weighted by atomic mass is 35.5. The van der Waals surface area contributed by atoms with Crippen LogP contribution in [0.2, 0.25) is 4.34 Å². The van der Waals surface area contributed by atoms with Gasteiger partial charge in [-0.3, -0.25) is 19.0 Å². The predicted molar refractivity (Wildman–Crippen MR) is 131 cm³/mol. The third-order valence-electron chi connectivity index (χ3n) is 5.44. The molecule has 0 saturated carbocycles. The van der Waals surface area contributed by atoms with E-state index in [1.54, 1.807) is 54.7 Å². The average Bonchev–Trinajstić information content (AvgIpc) is 3.41. The summed E-state index contributed by atoms with van der Waals surface area (Å²) in [5, 5.41) is 5.55. The van der Waals surface area contributed by atoms with E-state index < -0.39 is 33.8 Å². The third kappa shape index (κ3) is 5.39. The van der Waals surface area contributed by atoms with Gasteiger partial charge in [0.05, 0.1) is 27.4 Å². The molecule has 9 nitrogen and oxygen atoms in total. The van der Waals surface area contributed by atoms with Crippen LogP contribution in [-0.2, 0) is 14.8 Å². The maximum absolute atomic E-state index is 13.1. The second-order valence-corrected chi connectivity index (χ2v) is 11.5. The summed E-state index contributed by atoms with van der Waals surface area (Å²) in [5.74, 6) is -1.65. The summed E-state index contributed by atoms with van der Waals surface area (Å²) in [7, 11) is -3.56. The maximum Gasteiger partial charge on any atom is 0.261 e. The standard InChI is InChI=1S/C22H21ClN4O5S2/c1-34(31,32)26-12-16(17(13-26)25-22(30)18-9-10-19(23)33-18)21(29)24-14-5-7-15(8-6-14)27-11-3-2-4-20(27)28/h2-11,16-17H,12-13H2,1H3,(H,24,29)(H,25,30)/t16-,17-/m1/s1. The van der Waals surface area contributed by atoms with Gasteiger partial charge in [-0.2, -0.15) is 4.31 Å². The van der Waals surface area contributed by atoms with Gasteiger partial charge >= 0.3 is 0 Å². The molecule has 0 radical (unpaired) electrons. The zero-order chi connectivity index (χ0) is 24.5. The molecule has 4 rings (SSSR count). The normalized spacial score (nSPS) is 18.5. The van der Waals surface area contributed by atoms with E-state index in [9.17, 15) is 22.8 Å². The fourth-order valence-corrected chi connectivity index (χ4v) is 5.52. The Morgan fingerprint density at radius 3 is 2.41 bits per heavy atom. The molecule has 12 heteroatoms. The molecule has 0 unspecified atom stereocenters. The number of pyridine rings is 1. The van der Waals surface area contributed by atoms with E-state index in [1.165, 1.54) is 14.9 Å². The lowest BCUT2D eigenvalue weighted by Gasteiger charge is -2.19. The van der Waals surface area contributed by atoms with Gasteiger partial charge in [0.1, 0.15) is 0 Å². The van der Waals surface area contributed by atoms with Gasteiger partial charge in [0.25, 0.3) is 11.5 Å². The highest BCUT2D eigenvalue weighted by Crippen LogP contribution is 2.25. The van der Waals surface area contributed by atoms with Crippen molar-refractivity contribution in [1.82, 2.24) is 14.2 Å². The number of halogens is 1. The first-order valence-corrected chi connectivity index (χ1v) is 13.3. The van der Waals surface area contributed by atoms with Gasteiger partial charge in [-0.1, -0.05) is 17.7 Å². The number of benzene rings is 1. The summed E-state index contributed by atoms with van der Waals surface area (Å²) in [5.41, 5.74) is 0.926. The van der Waals surface area contributed by atoms with Crippen molar-refractivity contribution in [1.29, 1.82) is 0 Å². The van der Waals surface area contributed by atoms with E-state index in [2.05, 4.69) is 10.6 Å². The lowest BCUT2D eigenvalue weighted by atomic mass is 10.0. The Morgan fingerprint density at radius 1 is 1.06 bits per heavy atom. The van der Waals surface area contributed by atoms with Crippen molar-refractivity contribution >= 4 is 50.5 Å². The first-order valence-electron chi connectivity index (χ1n) is 10.2. The van der Waals surface area contributed by atoms with E-state index in [-0.39, 0.29) is 18.6 Å². The van der Waals surface area contributed by atoms with Crippen LogP contribution in [0.15, 0.2) is 65.6 Å². The summed E-state index contributed by atoms with van der Waals surface area (Å²) in [6.07, 6.45) is 2.71. The van der Waals surface area contributed by atoms with Crippen molar-refractivity contribution in [2.45, 2.75) is 6.04 Å². The van der Waals surface area contributed by atoms with Crippen molar-refractivity contribution < 1.29 is 18.0 Å². The second-order valence-electron chi connectivity index (χ2n) is 7.82. The minimum Gasteiger partial charge on any atom is -0.346 e. The molecule has 1 aliphatic rings. The van der Waals surface area contributed by atoms with E-state index in [4.69, 9.17) is 11.6 Å². The smallest absolute Gasteiger partial charge is 0.261 e. The lowest BCUT2D eigenvalue weighted by molar-refractivity contribution is -0.119. The van der Waals surface area contributed by atoms with Crippen LogP contribution in [0.3, 0.4) is 0 Å². The van der Waals surface area contributed by atoms with E-state index in [1.807, 2.05) is 0 Å². The number of thiophene rings is 1. The second kappa shape index (κ2) is 9.71. The number of sulfonamides is 1. The number of aromatic nitrogens is 1. The van der Waals surface area contributed by atoms with Crippen molar-refractivity contribution in [3.05, 3.63) is 80.4 Å². The van der Waals surface area contributed by atoms with Gasteiger partial charge in [-0.05, 0) is 42.5 Å². The van der Waals surface area contributed by atoms with Crippen LogP contribution < -0.4 is 16.2 Å². The van der Waals surface area contributed by atoms with Crippen molar-refractivity contribution in [3.63, 3.8) is 0 Å². The van der Waals surface area contributed by atoms with Gasteiger partial charge in [0, 0.05) is 36.7 Å². The summed E-state index contributed by atoms with van der Waals surface area (Å²) in [6, 6.07) is 14.0. The SMILES string of the molecule is CS(=O)(=O)N1C[C@@H](NC(=O)c2ccc(Cl)s2)[C@H](C(=O)Nc2ccc(-n3ccccc3=O)cc2)C1. The van der Waals surface area contributed by atoms with Crippen molar-refractivity contribution in [3.8, 4) is 5.69 Å². The Balaban J connectivity index is 1.50. The van der Waals surface area contributed by atoms with Crippen LogP contribution in [0.4, 0.5) is 5.69 Å². The molecule has 34 heavy (non-hydrogen) atoms. The van der Waals surface area contributed by atoms with E-state index in [0.717, 1.165) is 17.6 Å². The number of rotatable bonds is 6. The molecule has 2 amide bonds.